The van der Waals surface area contributed by atoms with E-state index in [4.69, 9.17) is 4.74 Å². The summed E-state index contributed by atoms with van der Waals surface area (Å²) in [7, 11) is -1.87. The van der Waals surface area contributed by atoms with Crippen LogP contribution in [0.5, 0.6) is 0 Å². The number of hydrogen-bond acceptors (Lipinski definition) is 5. The van der Waals surface area contributed by atoms with Crippen LogP contribution in [0.3, 0.4) is 0 Å². The number of piperazine rings is 1. The summed E-state index contributed by atoms with van der Waals surface area (Å²) in [6, 6.07) is 9.03. The predicted octanol–water partition coefficient (Wildman–Crippen LogP) is 0.756. The van der Waals surface area contributed by atoms with Gasteiger partial charge in [0.05, 0.1) is 12.6 Å². The lowest BCUT2D eigenvalue weighted by Crippen LogP contribution is -2.54. The van der Waals surface area contributed by atoms with Gasteiger partial charge in [-0.05, 0) is 18.6 Å². The van der Waals surface area contributed by atoms with E-state index >= 15 is 0 Å². The first-order chi connectivity index (χ1) is 12.4. The molecule has 1 aromatic carbocycles. The molecule has 7 nitrogen and oxygen atoms in total. The van der Waals surface area contributed by atoms with Gasteiger partial charge in [0, 0.05) is 45.2 Å². The Kier molecular flexibility index (Phi) is 7.77. The third-order valence-electron chi connectivity index (χ3n) is 4.40. The predicted molar refractivity (Wildman–Crippen MR) is 102 cm³/mol. The summed E-state index contributed by atoms with van der Waals surface area (Å²) in [5, 5.41) is 4.06. The molecule has 144 valence electrons. The quantitative estimate of drug-likeness (QED) is 0.673. The van der Waals surface area contributed by atoms with E-state index in [1.807, 2.05) is 42.2 Å². The minimum Gasteiger partial charge on any atom is -0.383 e. The molecule has 26 heavy (non-hydrogen) atoms. The monoisotopic (exact) mass is 381 g/mol. The Morgan fingerprint density at radius 1 is 1.23 bits per heavy atom. The van der Waals surface area contributed by atoms with Crippen molar-refractivity contribution in [1.82, 2.24) is 14.5 Å². The average molecular weight is 381 g/mol. The average Bonchev–Trinajstić information content (AvgIpc) is 2.67. The Morgan fingerprint density at radius 3 is 2.50 bits per heavy atom. The Balaban J connectivity index is 1.86. The number of ether oxygens (including phenoxy) is 1. The summed E-state index contributed by atoms with van der Waals surface area (Å²) in [6.45, 7) is 4.57. The van der Waals surface area contributed by atoms with Gasteiger partial charge in [0.25, 0.3) is 0 Å². The third-order valence-corrected chi connectivity index (χ3v) is 5.96. The highest BCUT2D eigenvalue weighted by Gasteiger charge is 2.29. The number of carbonyl (C=O) groups is 1. The zero-order chi connectivity index (χ0) is 19.0. The first kappa shape index (κ1) is 20.6. The van der Waals surface area contributed by atoms with Crippen LogP contribution in [0.1, 0.15) is 12.5 Å². The zero-order valence-corrected chi connectivity index (χ0v) is 16.1. The van der Waals surface area contributed by atoms with Gasteiger partial charge in [0.2, 0.25) is 15.9 Å². The van der Waals surface area contributed by atoms with Crippen LogP contribution in [0.15, 0.2) is 35.7 Å². The van der Waals surface area contributed by atoms with Gasteiger partial charge in [-0.3, -0.25) is 9.69 Å². The van der Waals surface area contributed by atoms with Gasteiger partial charge >= 0.3 is 0 Å². The van der Waals surface area contributed by atoms with Gasteiger partial charge in [-0.1, -0.05) is 30.3 Å². The molecule has 0 unspecified atom stereocenters. The molecule has 0 saturated carbocycles. The van der Waals surface area contributed by atoms with E-state index in [0.29, 0.717) is 39.3 Å². The highest BCUT2D eigenvalue weighted by Crippen LogP contribution is 2.13. The first-order valence-electron chi connectivity index (χ1n) is 8.68. The lowest BCUT2D eigenvalue weighted by Gasteiger charge is -2.36. The number of sulfonamides is 1. The molecule has 1 aromatic rings. The maximum atomic E-state index is 12.5. The molecule has 1 fully saturated rings. The maximum absolute atomic E-state index is 12.5. The first-order valence-corrected chi connectivity index (χ1v) is 10.2. The van der Waals surface area contributed by atoms with Crippen molar-refractivity contribution in [3.05, 3.63) is 41.3 Å². The zero-order valence-electron chi connectivity index (χ0n) is 15.3. The number of benzene rings is 1. The van der Waals surface area contributed by atoms with Gasteiger partial charge in [0.15, 0.2) is 0 Å². The lowest BCUT2D eigenvalue weighted by atomic mass is 10.2. The molecule has 0 spiro atoms. The number of carbonyl (C=O) groups excluding carboxylic acids is 1. The van der Waals surface area contributed by atoms with E-state index in [-0.39, 0.29) is 11.9 Å². The van der Waals surface area contributed by atoms with Crippen molar-refractivity contribution in [1.29, 1.82) is 0 Å². The lowest BCUT2D eigenvalue weighted by molar-refractivity contribution is -0.126. The molecule has 1 saturated heterocycles. The van der Waals surface area contributed by atoms with E-state index in [1.54, 1.807) is 13.2 Å². The molecule has 1 aliphatic rings. The number of rotatable bonds is 8. The van der Waals surface area contributed by atoms with Crippen molar-refractivity contribution in [3.8, 4) is 0 Å². The van der Waals surface area contributed by atoms with Crippen LogP contribution < -0.4 is 5.32 Å². The number of amides is 1. The van der Waals surface area contributed by atoms with Crippen LogP contribution in [0, 0.1) is 0 Å². The van der Waals surface area contributed by atoms with Gasteiger partial charge in [-0.25, -0.2) is 8.42 Å². The number of nitrogens with one attached hydrogen (secondary N) is 1. The normalized spacial score (nSPS) is 18.1. The van der Waals surface area contributed by atoms with E-state index in [9.17, 15) is 13.2 Å². The van der Waals surface area contributed by atoms with Crippen molar-refractivity contribution < 1.29 is 17.9 Å². The van der Waals surface area contributed by atoms with Crippen molar-refractivity contribution in [3.63, 3.8) is 0 Å². The van der Waals surface area contributed by atoms with Crippen molar-refractivity contribution in [2.45, 2.75) is 13.0 Å². The molecule has 0 bridgehead atoms. The molecule has 0 aromatic heterocycles. The summed E-state index contributed by atoms with van der Waals surface area (Å²) in [5.74, 6) is -0.0673. The highest BCUT2D eigenvalue weighted by molar-refractivity contribution is 7.92. The standard InChI is InChI=1S/C18H27N3O4S/c1-16(18(22)19-9-14-25-2)20-10-12-21(13-11-20)26(23,24)15-8-17-6-4-3-5-7-17/h3-8,15-16H,9-14H2,1-2H3,(H,19,22)/b15-8+/t16-/m0/s1. The summed E-state index contributed by atoms with van der Waals surface area (Å²) < 4.78 is 31.3. The largest absolute Gasteiger partial charge is 0.383 e. The summed E-state index contributed by atoms with van der Waals surface area (Å²) in [6.07, 6.45) is 1.60. The summed E-state index contributed by atoms with van der Waals surface area (Å²) >= 11 is 0. The SMILES string of the molecule is COCCNC(=O)[C@H](C)N1CCN(S(=O)(=O)/C=C/c2ccccc2)CC1. The van der Waals surface area contributed by atoms with Gasteiger partial charge < -0.3 is 10.1 Å². The molecule has 8 heteroatoms. The second-order valence-corrected chi connectivity index (χ2v) is 7.97. The molecule has 1 N–H and O–H groups in total. The molecule has 2 rings (SSSR count). The van der Waals surface area contributed by atoms with Crippen LogP contribution in [0.25, 0.3) is 6.08 Å². The molecule has 1 amide bonds. The Hall–Kier alpha value is -1.74. The molecular formula is C18H27N3O4S. The van der Waals surface area contributed by atoms with Crippen molar-refractivity contribution in [2.24, 2.45) is 0 Å². The molecule has 0 radical (unpaired) electrons. The van der Waals surface area contributed by atoms with E-state index < -0.39 is 10.0 Å². The van der Waals surface area contributed by atoms with Crippen LogP contribution >= 0.6 is 0 Å². The van der Waals surface area contributed by atoms with Crippen LogP contribution in [0.2, 0.25) is 0 Å². The highest BCUT2D eigenvalue weighted by atomic mass is 32.2. The number of nitrogens with zero attached hydrogens (tertiary/aromatic N) is 2. The van der Waals surface area contributed by atoms with Gasteiger partial charge in [0.1, 0.15) is 0 Å². The molecule has 1 heterocycles. The van der Waals surface area contributed by atoms with Crippen molar-refractivity contribution >= 4 is 22.0 Å². The smallest absolute Gasteiger partial charge is 0.237 e. The Morgan fingerprint density at radius 2 is 1.88 bits per heavy atom. The van der Waals surface area contributed by atoms with E-state index in [1.165, 1.54) is 9.71 Å². The fourth-order valence-electron chi connectivity index (χ4n) is 2.75. The van der Waals surface area contributed by atoms with Crippen LogP contribution in [-0.4, -0.2) is 76.0 Å². The fraction of sp³-hybridized carbons (Fsp3) is 0.500. The molecule has 1 aliphatic heterocycles. The van der Waals surface area contributed by atoms with Gasteiger partial charge in [-0.15, -0.1) is 0 Å². The van der Waals surface area contributed by atoms with Crippen molar-refractivity contribution in [2.75, 3.05) is 46.4 Å². The second-order valence-electron chi connectivity index (χ2n) is 6.15. The Bertz CT molecular complexity index is 698. The molecule has 1 atom stereocenters. The second kappa shape index (κ2) is 9.82. The molecule has 0 aliphatic carbocycles. The number of methoxy groups -OCH3 is 1. The minimum atomic E-state index is -3.46. The van der Waals surface area contributed by atoms with E-state index in [2.05, 4.69) is 5.32 Å². The summed E-state index contributed by atoms with van der Waals surface area (Å²) in [5.41, 5.74) is 0.844. The fourth-order valence-corrected chi connectivity index (χ4v) is 3.92. The number of hydrogen-bond donors (Lipinski definition) is 1. The third kappa shape index (κ3) is 5.91. The minimum absolute atomic E-state index is 0.0673. The topological polar surface area (TPSA) is 79.0 Å². The summed E-state index contributed by atoms with van der Waals surface area (Å²) in [4.78, 5) is 14.1. The van der Waals surface area contributed by atoms with Crippen LogP contribution in [0.4, 0.5) is 0 Å². The van der Waals surface area contributed by atoms with E-state index in [0.717, 1.165) is 5.56 Å². The van der Waals surface area contributed by atoms with Gasteiger partial charge in [-0.2, -0.15) is 4.31 Å². The van der Waals surface area contributed by atoms with Crippen LogP contribution in [-0.2, 0) is 19.6 Å². The Labute approximate surface area is 155 Å². The molecular weight excluding hydrogens is 354 g/mol. The maximum Gasteiger partial charge on any atom is 0.237 e.